The first kappa shape index (κ1) is 12.8. The van der Waals surface area contributed by atoms with Gasteiger partial charge in [-0.3, -0.25) is 9.78 Å². The zero-order chi connectivity index (χ0) is 14.0. The lowest BCUT2D eigenvalue weighted by Crippen LogP contribution is -2.33. The lowest BCUT2D eigenvalue weighted by Gasteiger charge is -2.16. The highest BCUT2D eigenvalue weighted by Gasteiger charge is 2.17. The molecule has 19 heavy (non-hydrogen) atoms. The van der Waals surface area contributed by atoms with Crippen LogP contribution in [0.25, 0.3) is 10.9 Å². The van der Waals surface area contributed by atoms with E-state index < -0.39 is 17.9 Å². The maximum absolute atomic E-state index is 11.2. The summed E-state index contributed by atoms with van der Waals surface area (Å²) in [5.74, 6) is -1.67. The van der Waals surface area contributed by atoms with E-state index in [4.69, 9.17) is 5.73 Å². The Morgan fingerprint density at radius 3 is 2.68 bits per heavy atom. The zero-order valence-electron chi connectivity index (χ0n) is 10.3. The van der Waals surface area contributed by atoms with Crippen LogP contribution in [-0.2, 0) is 4.79 Å². The molecule has 0 aliphatic rings. The fraction of sp³-hybridized carbons (Fsp3) is 0.154. The van der Waals surface area contributed by atoms with Crippen molar-refractivity contribution in [3.05, 3.63) is 36.0 Å². The Morgan fingerprint density at radius 2 is 2.05 bits per heavy atom. The summed E-state index contributed by atoms with van der Waals surface area (Å²) in [6, 6.07) is 6.41. The van der Waals surface area contributed by atoms with Gasteiger partial charge < -0.3 is 16.2 Å². The van der Waals surface area contributed by atoms with Gasteiger partial charge in [-0.05, 0) is 13.0 Å². The monoisotopic (exact) mass is 259 g/mol. The number of hydrogen-bond donors (Lipinski definition) is 3. The summed E-state index contributed by atoms with van der Waals surface area (Å²) in [4.78, 5) is 26.4. The molecule has 0 radical (unpaired) electrons. The molecule has 0 aliphatic carbocycles. The summed E-state index contributed by atoms with van der Waals surface area (Å²) in [6.45, 7) is 1.57. The molecule has 1 heterocycles. The molecular weight excluding hydrogens is 246 g/mol. The summed E-state index contributed by atoms with van der Waals surface area (Å²) < 4.78 is 0. The van der Waals surface area contributed by atoms with E-state index in [1.165, 1.54) is 6.20 Å². The van der Waals surface area contributed by atoms with Gasteiger partial charge in [0, 0.05) is 11.6 Å². The number of carbonyl (C=O) groups excluding carboxylic acids is 1. The largest absolute Gasteiger partial charge is 0.478 e. The zero-order valence-corrected chi connectivity index (χ0v) is 10.3. The molecule has 0 spiro atoms. The third-order valence-electron chi connectivity index (χ3n) is 2.79. The fourth-order valence-electron chi connectivity index (χ4n) is 1.75. The van der Waals surface area contributed by atoms with Gasteiger partial charge in [0.1, 0.15) is 11.6 Å². The minimum atomic E-state index is -1.11. The van der Waals surface area contributed by atoms with Crippen molar-refractivity contribution in [1.29, 1.82) is 0 Å². The summed E-state index contributed by atoms with van der Waals surface area (Å²) in [5.41, 5.74) is 6.19. The van der Waals surface area contributed by atoms with Gasteiger partial charge in [-0.25, -0.2) is 4.79 Å². The van der Waals surface area contributed by atoms with Crippen molar-refractivity contribution in [2.45, 2.75) is 13.0 Å². The number of hydrogen-bond acceptors (Lipinski definition) is 4. The number of carboxylic acid groups (broad SMARTS) is 1. The van der Waals surface area contributed by atoms with Gasteiger partial charge in [-0.2, -0.15) is 0 Å². The Bertz CT molecular complexity index is 655. The number of carbonyl (C=O) groups is 2. The van der Waals surface area contributed by atoms with Crippen molar-refractivity contribution < 1.29 is 14.7 Å². The average Bonchev–Trinajstić information content (AvgIpc) is 2.38. The van der Waals surface area contributed by atoms with Crippen molar-refractivity contribution in [2.24, 2.45) is 5.73 Å². The van der Waals surface area contributed by atoms with Crippen molar-refractivity contribution in [3.8, 4) is 0 Å². The number of anilines is 1. The predicted molar refractivity (Wildman–Crippen MR) is 71.0 cm³/mol. The number of carboxylic acids is 1. The number of nitrogens with two attached hydrogens (primary N) is 1. The molecule has 2 aromatic rings. The van der Waals surface area contributed by atoms with E-state index in [1.807, 2.05) is 0 Å². The number of rotatable bonds is 4. The molecule has 0 saturated carbocycles. The van der Waals surface area contributed by atoms with Crippen LogP contribution in [0.5, 0.6) is 0 Å². The normalized spacial score (nSPS) is 12.1. The highest BCUT2D eigenvalue weighted by Crippen LogP contribution is 2.26. The number of benzene rings is 1. The molecule has 6 heteroatoms. The second kappa shape index (κ2) is 4.93. The molecule has 6 nitrogen and oxygen atoms in total. The molecule has 1 aromatic carbocycles. The quantitative estimate of drug-likeness (QED) is 0.765. The highest BCUT2D eigenvalue weighted by molar-refractivity contribution is 6.05. The molecule has 2 rings (SSSR count). The van der Waals surface area contributed by atoms with Gasteiger partial charge in [0.15, 0.2) is 0 Å². The Morgan fingerprint density at radius 1 is 1.37 bits per heavy atom. The van der Waals surface area contributed by atoms with Crippen molar-refractivity contribution in [2.75, 3.05) is 5.32 Å². The lowest BCUT2D eigenvalue weighted by atomic mass is 10.1. The molecule has 4 N–H and O–H groups in total. The summed E-state index contributed by atoms with van der Waals surface area (Å²) in [6.07, 6.45) is 1.26. The Kier molecular flexibility index (Phi) is 3.33. The lowest BCUT2D eigenvalue weighted by molar-refractivity contribution is -0.118. The molecule has 0 aliphatic heterocycles. The second-order valence-electron chi connectivity index (χ2n) is 4.14. The van der Waals surface area contributed by atoms with Crippen molar-refractivity contribution in [1.82, 2.24) is 4.98 Å². The van der Waals surface area contributed by atoms with Crippen molar-refractivity contribution in [3.63, 3.8) is 0 Å². The number of nitrogens with zero attached hydrogens (tertiary/aromatic N) is 1. The van der Waals surface area contributed by atoms with E-state index in [0.717, 1.165) is 0 Å². The number of aromatic nitrogens is 1. The number of aromatic carboxylic acids is 1. The molecule has 0 bridgehead atoms. The fourth-order valence-corrected chi connectivity index (χ4v) is 1.75. The molecule has 1 amide bonds. The number of nitrogens with one attached hydrogen (secondary N) is 1. The number of para-hydroxylation sites is 1. The standard InChI is InChI=1S/C13H13N3O3/c1-7(12(14)17)16-11-8-4-2-3-5-10(8)15-6-9(11)13(18)19/h2-7H,1H3,(H2,14,17)(H,15,16)(H,18,19). The van der Waals surface area contributed by atoms with Gasteiger partial charge in [0.2, 0.25) is 5.91 Å². The third kappa shape index (κ3) is 2.47. The minimum Gasteiger partial charge on any atom is -0.478 e. The first-order valence-electron chi connectivity index (χ1n) is 5.67. The second-order valence-corrected chi connectivity index (χ2v) is 4.14. The van der Waals surface area contributed by atoms with Gasteiger partial charge in [-0.1, -0.05) is 18.2 Å². The topological polar surface area (TPSA) is 105 Å². The number of pyridine rings is 1. The Labute approximate surface area is 109 Å². The van der Waals surface area contributed by atoms with Crippen LogP contribution in [0.2, 0.25) is 0 Å². The van der Waals surface area contributed by atoms with Crippen LogP contribution in [0.3, 0.4) is 0 Å². The van der Waals surface area contributed by atoms with Crippen LogP contribution >= 0.6 is 0 Å². The van der Waals surface area contributed by atoms with E-state index in [-0.39, 0.29) is 5.56 Å². The summed E-state index contributed by atoms with van der Waals surface area (Å²) >= 11 is 0. The van der Waals surface area contributed by atoms with Crippen LogP contribution in [-0.4, -0.2) is 28.0 Å². The van der Waals surface area contributed by atoms with E-state index in [1.54, 1.807) is 31.2 Å². The highest BCUT2D eigenvalue weighted by atomic mass is 16.4. The Hall–Kier alpha value is -2.63. The van der Waals surface area contributed by atoms with Gasteiger partial charge in [-0.15, -0.1) is 0 Å². The van der Waals surface area contributed by atoms with Crippen molar-refractivity contribution >= 4 is 28.5 Å². The SMILES string of the molecule is CC(Nc1c(C(=O)O)cnc2ccccc12)C(N)=O. The molecule has 1 atom stereocenters. The van der Waals surface area contributed by atoms with E-state index in [9.17, 15) is 14.7 Å². The molecule has 0 fully saturated rings. The number of primary amides is 1. The maximum Gasteiger partial charge on any atom is 0.339 e. The molecule has 0 saturated heterocycles. The van der Waals surface area contributed by atoms with Crippen LogP contribution in [0.4, 0.5) is 5.69 Å². The van der Waals surface area contributed by atoms with Gasteiger partial charge >= 0.3 is 5.97 Å². The molecule has 1 unspecified atom stereocenters. The predicted octanol–water partition coefficient (Wildman–Crippen LogP) is 1.22. The minimum absolute atomic E-state index is 0.00630. The van der Waals surface area contributed by atoms with E-state index in [0.29, 0.717) is 16.6 Å². The van der Waals surface area contributed by atoms with Crippen LogP contribution in [0.15, 0.2) is 30.5 Å². The first-order valence-corrected chi connectivity index (χ1v) is 5.67. The van der Waals surface area contributed by atoms with Crippen LogP contribution in [0, 0.1) is 0 Å². The van der Waals surface area contributed by atoms with E-state index >= 15 is 0 Å². The number of amides is 1. The first-order chi connectivity index (χ1) is 9.00. The maximum atomic E-state index is 11.2. The van der Waals surface area contributed by atoms with Gasteiger partial charge in [0.25, 0.3) is 0 Å². The average molecular weight is 259 g/mol. The molecule has 98 valence electrons. The van der Waals surface area contributed by atoms with Gasteiger partial charge in [0.05, 0.1) is 11.2 Å². The van der Waals surface area contributed by atoms with Crippen LogP contribution in [0.1, 0.15) is 17.3 Å². The number of fused-ring (bicyclic) bond motifs is 1. The molecule has 1 aromatic heterocycles. The summed E-state index contributed by atoms with van der Waals surface area (Å²) in [5, 5.41) is 12.7. The Balaban J connectivity index is 2.62. The van der Waals surface area contributed by atoms with Crippen LogP contribution < -0.4 is 11.1 Å². The van der Waals surface area contributed by atoms with E-state index in [2.05, 4.69) is 10.3 Å². The third-order valence-corrected chi connectivity index (χ3v) is 2.79. The smallest absolute Gasteiger partial charge is 0.339 e. The molecular formula is C13H13N3O3. The summed E-state index contributed by atoms with van der Waals surface area (Å²) in [7, 11) is 0.